The van der Waals surface area contributed by atoms with Crippen LogP contribution in [0.2, 0.25) is 0 Å². The minimum absolute atomic E-state index is 0.0364. The Kier molecular flexibility index (Phi) is 5.15. The molecule has 2 unspecified atom stereocenters. The summed E-state index contributed by atoms with van der Waals surface area (Å²) in [5, 5.41) is 8.90. The number of hydrogen-bond acceptors (Lipinski definition) is 5. The van der Waals surface area contributed by atoms with E-state index in [2.05, 4.69) is 0 Å². The second kappa shape index (κ2) is 6.09. The minimum atomic E-state index is -3.29. The lowest BCUT2D eigenvalue weighted by molar-refractivity contribution is -0.145. The molecule has 1 heterocycles. The summed E-state index contributed by atoms with van der Waals surface area (Å²) in [6, 6.07) is -0.809. The Morgan fingerprint density at radius 1 is 1.45 bits per heavy atom. The second-order valence-electron chi connectivity index (χ2n) is 5.48. The second-order valence-corrected chi connectivity index (χ2v) is 7.71. The van der Waals surface area contributed by atoms with E-state index >= 15 is 0 Å². The molecule has 0 radical (unpaired) electrons. The normalized spacial score (nSPS) is 24.9. The van der Waals surface area contributed by atoms with Crippen molar-refractivity contribution in [1.82, 2.24) is 4.90 Å². The van der Waals surface area contributed by atoms with E-state index in [1.807, 2.05) is 6.92 Å². The van der Waals surface area contributed by atoms with Gasteiger partial charge in [0, 0.05) is 13.1 Å². The Hall–Kier alpha value is -1.15. The third-order valence-electron chi connectivity index (χ3n) is 3.95. The average Bonchev–Trinajstić information content (AvgIpc) is 2.35. The van der Waals surface area contributed by atoms with Crippen LogP contribution in [0.25, 0.3) is 0 Å². The Balaban J connectivity index is 3.01. The molecule has 20 heavy (non-hydrogen) atoms. The van der Waals surface area contributed by atoms with Crippen LogP contribution < -0.4 is 5.73 Å². The highest BCUT2D eigenvalue weighted by Gasteiger charge is 2.41. The largest absolute Gasteiger partial charge is 0.481 e. The van der Waals surface area contributed by atoms with E-state index in [0.29, 0.717) is 6.42 Å². The molecule has 1 saturated heterocycles. The van der Waals surface area contributed by atoms with E-state index in [1.54, 1.807) is 6.92 Å². The van der Waals surface area contributed by atoms with E-state index in [0.717, 1.165) is 0 Å². The first-order valence-corrected chi connectivity index (χ1v) is 8.40. The number of carboxylic acids is 1. The Morgan fingerprint density at radius 3 is 2.50 bits per heavy atom. The number of sulfone groups is 1. The number of nitrogens with zero attached hydrogens (tertiary/aromatic N) is 1. The van der Waals surface area contributed by atoms with E-state index in [-0.39, 0.29) is 36.9 Å². The number of nitrogens with two attached hydrogens (primary N) is 1. The first-order chi connectivity index (χ1) is 9.15. The molecule has 1 aliphatic heterocycles. The summed E-state index contributed by atoms with van der Waals surface area (Å²) < 4.78 is 23.3. The third-order valence-corrected chi connectivity index (χ3v) is 5.65. The lowest BCUT2D eigenvalue weighted by Crippen LogP contribution is -2.57. The summed E-state index contributed by atoms with van der Waals surface area (Å²) >= 11 is 0. The van der Waals surface area contributed by atoms with E-state index in [9.17, 15) is 18.0 Å². The zero-order valence-corrected chi connectivity index (χ0v) is 12.6. The van der Waals surface area contributed by atoms with Crippen molar-refractivity contribution >= 4 is 21.7 Å². The van der Waals surface area contributed by atoms with Crippen LogP contribution in [0.15, 0.2) is 0 Å². The fraction of sp³-hybridized carbons (Fsp3) is 0.833. The predicted molar refractivity (Wildman–Crippen MR) is 73.9 cm³/mol. The van der Waals surface area contributed by atoms with Crippen molar-refractivity contribution in [3.05, 3.63) is 0 Å². The predicted octanol–water partition coefficient (Wildman–Crippen LogP) is -0.538. The smallest absolute Gasteiger partial charge is 0.305 e. The van der Waals surface area contributed by atoms with Crippen LogP contribution in [-0.4, -0.2) is 60.9 Å². The van der Waals surface area contributed by atoms with Crippen LogP contribution in [0.3, 0.4) is 0 Å². The number of carbonyl (C=O) groups excluding carboxylic acids is 1. The molecule has 116 valence electrons. The molecular formula is C12H22N2O5S. The maximum absolute atomic E-state index is 12.5. The van der Waals surface area contributed by atoms with Gasteiger partial charge in [0.1, 0.15) is 0 Å². The lowest BCUT2D eigenvalue weighted by atomic mass is 9.85. The SMILES string of the molecule is CCC(C)(CN)C(=O)N1CCS(=O)(=O)CC1CC(=O)O. The molecular weight excluding hydrogens is 284 g/mol. The fourth-order valence-electron chi connectivity index (χ4n) is 2.25. The van der Waals surface area contributed by atoms with Crippen LogP contribution >= 0.6 is 0 Å². The molecule has 0 aromatic carbocycles. The number of carbonyl (C=O) groups is 2. The zero-order valence-electron chi connectivity index (χ0n) is 11.8. The van der Waals surface area contributed by atoms with Gasteiger partial charge in [-0.2, -0.15) is 0 Å². The Morgan fingerprint density at radius 2 is 2.05 bits per heavy atom. The molecule has 0 aliphatic carbocycles. The maximum atomic E-state index is 12.5. The first kappa shape index (κ1) is 16.9. The molecule has 0 bridgehead atoms. The van der Waals surface area contributed by atoms with E-state index < -0.39 is 27.3 Å². The molecule has 3 N–H and O–H groups in total. The monoisotopic (exact) mass is 306 g/mol. The van der Waals surface area contributed by atoms with Crippen LogP contribution in [0, 0.1) is 5.41 Å². The number of hydrogen-bond donors (Lipinski definition) is 2. The molecule has 0 saturated carbocycles. The lowest BCUT2D eigenvalue weighted by Gasteiger charge is -2.40. The van der Waals surface area contributed by atoms with Crippen molar-refractivity contribution in [2.45, 2.75) is 32.7 Å². The van der Waals surface area contributed by atoms with Gasteiger partial charge in [-0.25, -0.2) is 8.42 Å². The highest BCUT2D eigenvalue weighted by Crippen LogP contribution is 2.26. The summed E-state index contributed by atoms with van der Waals surface area (Å²) in [4.78, 5) is 24.8. The summed E-state index contributed by atoms with van der Waals surface area (Å²) in [5.41, 5.74) is 4.86. The maximum Gasteiger partial charge on any atom is 0.305 e. The molecule has 0 aromatic rings. The van der Waals surface area contributed by atoms with Crippen molar-refractivity contribution < 1.29 is 23.1 Å². The Labute approximate surface area is 119 Å². The van der Waals surface area contributed by atoms with Crippen LogP contribution in [0.4, 0.5) is 0 Å². The molecule has 7 nitrogen and oxygen atoms in total. The van der Waals surface area contributed by atoms with Gasteiger partial charge in [0.25, 0.3) is 0 Å². The average molecular weight is 306 g/mol. The van der Waals surface area contributed by atoms with Crippen LogP contribution in [0.1, 0.15) is 26.7 Å². The van der Waals surface area contributed by atoms with Crippen LogP contribution in [-0.2, 0) is 19.4 Å². The summed E-state index contributed by atoms with van der Waals surface area (Å²) in [5.74, 6) is -1.80. The van der Waals surface area contributed by atoms with Crippen molar-refractivity contribution in [1.29, 1.82) is 0 Å². The van der Waals surface area contributed by atoms with Gasteiger partial charge in [-0.15, -0.1) is 0 Å². The highest BCUT2D eigenvalue weighted by atomic mass is 32.2. The van der Waals surface area contributed by atoms with Crippen molar-refractivity contribution in [3.8, 4) is 0 Å². The molecule has 0 spiro atoms. The Bertz CT molecular complexity index is 484. The number of aliphatic carboxylic acids is 1. The topological polar surface area (TPSA) is 118 Å². The van der Waals surface area contributed by atoms with Gasteiger partial charge < -0.3 is 15.7 Å². The fourth-order valence-corrected chi connectivity index (χ4v) is 3.78. The molecule has 2 atom stereocenters. The summed E-state index contributed by atoms with van der Waals surface area (Å²) in [6.07, 6.45) is 0.153. The number of rotatable bonds is 5. The van der Waals surface area contributed by atoms with E-state index in [4.69, 9.17) is 10.8 Å². The first-order valence-electron chi connectivity index (χ1n) is 6.58. The molecule has 1 aliphatic rings. The van der Waals surface area contributed by atoms with Crippen molar-refractivity contribution in [2.24, 2.45) is 11.1 Å². The van der Waals surface area contributed by atoms with Crippen molar-refractivity contribution in [3.63, 3.8) is 0 Å². The quantitative estimate of drug-likeness (QED) is 0.704. The van der Waals surface area contributed by atoms with Crippen molar-refractivity contribution in [2.75, 3.05) is 24.6 Å². The van der Waals surface area contributed by atoms with E-state index in [1.165, 1.54) is 4.90 Å². The van der Waals surface area contributed by atoms with Crippen LogP contribution in [0.5, 0.6) is 0 Å². The molecule has 1 amide bonds. The third kappa shape index (κ3) is 3.69. The number of carboxylic acid groups (broad SMARTS) is 1. The molecule has 1 rings (SSSR count). The standard InChI is InChI=1S/C12H22N2O5S/c1-3-12(2,8-13)11(17)14-4-5-20(18,19)7-9(14)6-10(15)16/h9H,3-8,13H2,1-2H3,(H,15,16). The van der Waals surface area contributed by atoms with Gasteiger partial charge in [-0.3, -0.25) is 9.59 Å². The van der Waals surface area contributed by atoms with Gasteiger partial charge in [0.2, 0.25) is 5.91 Å². The summed E-state index contributed by atoms with van der Waals surface area (Å²) in [6.45, 7) is 3.73. The van der Waals surface area contributed by atoms with Gasteiger partial charge in [0.05, 0.1) is 29.4 Å². The zero-order chi connectivity index (χ0) is 15.6. The van der Waals surface area contributed by atoms with Gasteiger partial charge in [-0.05, 0) is 13.3 Å². The molecule has 0 aromatic heterocycles. The highest BCUT2D eigenvalue weighted by molar-refractivity contribution is 7.91. The van der Waals surface area contributed by atoms with Gasteiger partial charge >= 0.3 is 5.97 Å². The number of amides is 1. The molecule has 1 fully saturated rings. The minimum Gasteiger partial charge on any atom is -0.481 e. The summed E-state index contributed by atoms with van der Waals surface area (Å²) in [7, 11) is -3.29. The molecule has 8 heteroatoms. The van der Waals surface area contributed by atoms with Gasteiger partial charge in [0.15, 0.2) is 9.84 Å². The van der Waals surface area contributed by atoms with Gasteiger partial charge in [-0.1, -0.05) is 6.92 Å².